The lowest BCUT2D eigenvalue weighted by atomic mass is 10.2. The molecule has 4 heteroatoms. The summed E-state index contributed by atoms with van der Waals surface area (Å²) in [5.41, 5.74) is 0.794. The molecule has 0 saturated heterocycles. The minimum atomic E-state index is -0.385. The third-order valence-electron chi connectivity index (χ3n) is 2.59. The van der Waals surface area contributed by atoms with Crippen LogP contribution in [0.1, 0.15) is 67.6 Å². The SMILES string of the molecule is CCOC(=O)c1oc(C(C)C)nc1C1CC1. The van der Waals surface area contributed by atoms with E-state index in [2.05, 4.69) is 4.98 Å². The average molecular weight is 223 g/mol. The maximum atomic E-state index is 11.7. The van der Waals surface area contributed by atoms with Crippen LogP contribution >= 0.6 is 0 Å². The molecule has 2 rings (SSSR count). The van der Waals surface area contributed by atoms with Crippen molar-refractivity contribution in [3.63, 3.8) is 0 Å². The van der Waals surface area contributed by atoms with Crippen LogP contribution in [0.3, 0.4) is 0 Å². The van der Waals surface area contributed by atoms with Gasteiger partial charge in [-0.3, -0.25) is 0 Å². The number of carbonyl (C=O) groups excluding carboxylic acids is 1. The molecule has 0 unspecified atom stereocenters. The molecule has 0 atom stereocenters. The molecule has 1 aromatic rings. The smallest absolute Gasteiger partial charge is 0.376 e. The van der Waals surface area contributed by atoms with Crippen LogP contribution in [0.4, 0.5) is 0 Å². The summed E-state index contributed by atoms with van der Waals surface area (Å²) < 4.78 is 10.5. The van der Waals surface area contributed by atoms with E-state index in [1.165, 1.54) is 0 Å². The second kappa shape index (κ2) is 4.28. The predicted molar refractivity (Wildman–Crippen MR) is 58.5 cm³/mol. The van der Waals surface area contributed by atoms with Crippen LogP contribution in [-0.2, 0) is 4.74 Å². The molecular formula is C12H17NO3. The van der Waals surface area contributed by atoms with E-state index in [4.69, 9.17) is 9.15 Å². The summed E-state index contributed by atoms with van der Waals surface area (Å²) in [5, 5.41) is 0. The summed E-state index contributed by atoms with van der Waals surface area (Å²) in [5.74, 6) is 1.15. The Kier molecular flexibility index (Phi) is 2.99. The molecule has 1 fully saturated rings. The molecule has 1 saturated carbocycles. The zero-order valence-corrected chi connectivity index (χ0v) is 9.95. The van der Waals surface area contributed by atoms with E-state index in [1.54, 1.807) is 6.92 Å². The van der Waals surface area contributed by atoms with Gasteiger partial charge in [0.25, 0.3) is 0 Å². The maximum absolute atomic E-state index is 11.7. The number of hydrogen-bond donors (Lipinski definition) is 0. The molecule has 0 amide bonds. The van der Waals surface area contributed by atoms with Gasteiger partial charge in [0.05, 0.1) is 12.3 Å². The molecule has 0 spiro atoms. The molecule has 16 heavy (non-hydrogen) atoms. The molecule has 0 aromatic carbocycles. The van der Waals surface area contributed by atoms with E-state index >= 15 is 0 Å². The first-order chi connectivity index (χ1) is 7.63. The number of hydrogen-bond acceptors (Lipinski definition) is 4. The Hall–Kier alpha value is -1.32. The van der Waals surface area contributed by atoms with Gasteiger partial charge in [-0.05, 0) is 19.8 Å². The summed E-state index contributed by atoms with van der Waals surface area (Å²) in [6, 6.07) is 0. The van der Waals surface area contributed by atoms with Gasteiger partial charge in [-0.1, -0.05) is 13.8 Å². The van der Waals surface area contributed by atoms with Gasteiger partial charge in [-0.25, -0.2) is 9.78 Å². The molecule has 1 aliphatic carbocycles. The fraction of sp³-hybridized carbons (Fsp3) is 0.667. The first kappa shape index (κ1) is 11.2. The summed E-state index contributed by atoms with van der Waals surface area (Å²) in [6.07, 6.45) is 2.19. The molecule has 0 bridgehead atoms. The Morgan fingerprint density at radius 3 is 2.75 bits per heavy atom. The number of ether oxygens (including phenoxy) is 1. The Morgan fingerprint density at radius 2 is 2.25 bits per heavy atom. The van der Waals surface area contributed by atoms with Crippen molar-refractivity contribution in [2.45, 2.75) is 45.4 Å². The van der Waals surface area contributed by atoms with Gasteiger partial charge in [0.2, 0.25) is 5.76 Å². The quantitative estimate of drug-likeness (QED) is 0.736. The van der Waals surface area contributed by atoms with E-state index in [-0.39, 0.29) is 11.9 Å². The fourth-order valence-corrected chi connectivity index (χ4v) is 1.57. The zero-order valence-electron chi connectivity index (χ0n) is 9.95. The Bertz CT molecular complexity index is 391. The van der Waals surface area contributed by atoms with Gasteiger partial charge >= 0.3 is 5.97 Å². The van der Waals surface area contributed by atoms with Crippen molar-refractivity contribution in [3.05, 3.63) is 17.3 Å². The first-order valence-corrected chi connectivity index (χ1v) is 5.81. The number of nitrogens with zero attached hydrogens (tertiary/aromatic N) is 1. The summed E-state index contributed by atoms with van der Waals surface area (Å²) in [6.45, 7) is 6.14. The fourth-order valence-electron chi connectivity index (χ4n) is 1.57. The molecule has 0 aliphatic heterocycles. The maximum Gasteiger partial charge on any atom is 0.376 e. The van der Waals surface area contributed by atoms with Crippen molar-refractivity contribution in [3.8, 4) is 0 Å². The van der Waals surface area contributed by atoms with Crippen LogP contribution in [-0.4, -0.2) is 17.6 Å². The van der Waals surface area contributed by atoms with Gasteiger partial charge in [0.1, 0.15) is 0 Å². The zero-order chi connectivity index (χ0) is 11.7. The third kappa shape index (κ3) is 2.10. The van der Waals surface area contributed by atoms with Crippen molar-refractivity contribution in [1.29, 1.82) is 0 Å². The number of rotatable bonds is 4. The number of oxazole rings is 1. The number of aromatic nitrogens is 1. The van der Waals surface area contributed by atoms with Gasteiger partial charge < -0.3 is 9.15 Å². The molecule has 0 radical (unpaired) electrons. The van der Waals surface area contributed by atoms with Crippen molar-refractivity contribution in [2.75, 3.05) is 6.61 Å². The van der Waals surface area contributed by atoms with Crippen molar-refractivity contribution in [1.82, 2.24) is 4.98 Å². The minimum absolute atomic E-state index is 0.195. The summed E-state index contributed by atoms with van der Waals surface area (Å²) in [4.78, 5) is 16.1. The van der Waals surface area contributed by atoms with Crippen LogP contribution in [0.2, 0.25) is 0 Å². The average Bonchev–Trinajstić information content (AvgIpc) is 2.97. The molecule has 0 N–H and O–H groups in total. The number of esters is 1. The predicted octanol–water partition coefficient (Wildman–Crippen LogP) is 2.85. The molecule has 88 valence electrons. The monoisotopic (exact) mass is 223 g/mol. The van der Waals surface area contributed by atoms with Crippen LogP contribution in [0, 0.1) is 0 Å². The molecule has 1 aromatic heterocycles. The normalized spacial score (nSPS) is 15.5. The lowest BCUT2D eigenvalue weighted by Crippen LogP contribution is -2.05. The van der Waals surface area contributed by atoms with Crippen LogP contribution in [0.15, 0.2) is 4.42 Å². The Balaban J connectivity index is 2.30. The highest BCUT2D eigenvalue weighted by molar-refractivity contribution is 5.87. The highest BCUT2D eigenvalue weighted by Gasteiger charge is 2.34. The van der Waals surface area contributed by atoms with Crippen molar-refractivity contribution < 1.29 is 13.9 Å². The first-order valence-electron chi connectivity index (χ1n) is 5.81. The van der Waals surface area contributed by atoms with E-state index < -0.39 is 0 Å². The van der Waals surface area contributed by atoms with Crippen LogP contribution < -0.4 is 0 Å². The van der Waals surface area contributed by atoms with E-state index in [0.717, 1.165) is 18.5 Å². The van der Waals surface area contributed by atoms with Gasteiger partial charge in [-0.15, -0.1) is 0 Å². The van der Waals surface area contributed by atoms with E-state index in [9.17, 15) is 4.79 Å². The van der Waals surface area contributed by atoms with Crippen molar-refractivity contribution in [2.24, 2.45) is 0 Å². The van der Waals surface area contributed by atoms with E-state index in [0.29, 0.717) is 24.2 Å². The highest BCUT2D eigenvalue weighted by Crippen LogP contribution is 2.42. The molecule has 1 heterocycles. The largest absolute Gasteiger partial charge is 0.460 e. The van der Waals surface area contributed by atoms with Crippen LogP contribution in [0.25, 0.3) is 0 Å². The topological polar surface area (TPSA) is 52.3 Å². The second-order valence-corrected chi connectivity index (χ2v) is 4.42. The molecular weight excluding hydrogens is 206 g/mol. The summed E-state index contributed by atoms with van der Waals surface area (Å²) in [7, 11) is 0. The summed E-state index contributed by atoms with van der Waals surface area (Å²) >= 11 is 0. The highest BCUT2D eigenvalue weighted by atomic mass is 16.5. The molecule has 4 nitrogen and oxygen atoms in total. The molecule has 1 aliphatic rings. The van der Waals surface area contributed by atoms with Gasteiger partial charge in [0, 0.05) is 11.8 Å². The van der Waals surface area contributed by atoms with Gasteiger partial charge in [0.15, 0.2) is 5.89 Å². The minimum Gasteiger partial charge on any atom is -0.460 e. The lowest BCUT2D eigenvalue weighted by Gasteiger charge is -1.99. The second-order valence-electron chi connectivity index (χ2n) is 4.42. The van der Waals surface area contributed by atoms with Crippen LogP contribution in [0.5, 0.6) is 0 Å². The van der Waals surface area contributed by atoms with Crippen molar-refractivity contribution >= 4 is 5.97 Å². The standard InChI is InChI=1S/C12H17NO3/c1-4-15-12(14)10-9(8-5-6-8)13-11(16-10)7(2)3/h7-8H,4-6H2,1-3H3. The Labute approximate surface area is 95.0 Å². The third-order valence-corrected chi connectivity index (χ3v) is 2.59. The number of carbonyl (C=O) groups is 1. The van der Waals surface area contributed by atoms with E-state index in [1.807, 2.05) is 13.8 Å². The Morgan fingerprint density at radius 1 is 1.56 bits per heavy atom. The lowest BCUT2D eigenvalue weighted by molar-refractivity contribution is 0.0486. The van der Waals surface area contributed by atoms with Gasteiger partial charge in [-0.2, -0.15) is 0 Å².